The Morgan fingerprint density at radius 1 is 1.04 bits per heavy atom. The molecule has 128 valence electrons. The molecule has 0 amide bonds. The van der Waals surface area contributed by atoms with Crippen molar-refractivity contribution < 1.29 is 12.8 Å². The second-order valence-corrected chi connectivity index (χ2v) is 7.39. The first-order valence-electron chi connectivity index (χ1n) is 7.26. The molecule has 0 fully saturated rings. The fraction of sp³-hybridized carbons (Fsp3) is 0.0588. The smallest absolute Gasteiger partial charge is 0.240 e. The first kappa shape index (κ1) is 17.5. The van der Waals surface area contributed by atoms with Gasteiger partial charge in [-0.2, -0.15) is 0 Å². The minimum Gasteiger partial charge on any atom is -0.240 e. The molecule has 3 aromatic rings. The van der Waals surface area contributed by atoms with E-state index in [2.05, 4.69) is 14.7 Å². The van der Waals surface area contributed by atoms with Crippen LogP contribution in [0.3, 0.4) is 0 Å². The zero-order chi connectivity index (χ0) is 17.9. The van der Waals surface area contributed by atoms with Crippen molar-refractivity contribution in [1.29, 1.82) is 0 Å². The van der Waals surface area contributed by atoms with E-state index in [1.807, 2.05) is 0 Å². The molecule has 0 atom stereocenters. The molecule has 0 aliphatic carbocycles. The molecular weight excluding hydrogens is 365 g/mol. The Bertz CT molecular complexity index is 995. The van der Waals surface area contributed by atoms with Crippen LogP contribution in [0.1, 0.15) is 5.69 Å². The van der Waals surface area contributed by atoms with Gasteiger partial charge >= 0.3 is 0 Å². The summed E-state index contributed by atoms with van der Waals surface area (Å²) in [6.45, 7) is -0.00837. The molecule has 3 rings (SSSR count). The molecule has 0 saturated carbocycles. The second-order valence-electron chi connectivity index (χ2n) is 5.18. The van der Waals surface area contributed by atoms with E-state index < -0.39 is 10.0 Å². The van der Waals surface area contributed by atoms with Crippen LogP contribution in [0.5, 0.6) is 0 Å². The lowest BCUT2D eigenvalue weighted by atomic mass is 10.1. The maximum atomic E-state index is 13.0. The van der Waals surface area contributed by atoms with Gasteiger partial charge in [0.25, 0.3) is 0 Å². The van der Waals surface area contributed by atoms with E-state index >= 15 is 0 Å². The number of nitrogens with zero attached hydrogens (tertiary/aromatic N) is 2. The quantitative estimate of drug-likeness (QED) is 0.739. The zero-order valence-electron chi connectivity index (χ0n) is 12.9. The van der Waals surface area contributed by atoms with Gasteiger partial charge in [0.05, 0.1) is 22.8 Å². The Morgan fingerprint density at radius 2 is 1.80 bits per heavy atom. The van der Waals surface area contributed by atoms with Crippen LogP contribution in [0.2, 0.25) is 5.02 Å². The van der Waals surface area contributed by atoms with Crippen molar-refractivity contribution in [3.63, 3.8) is 0 Å². The largest absolute Gasteiger partial charge is 0.240 e. The van der Waals surface area contributed by atoms with Crippen LogP contribution in [-0.2, 0) is 16.6 Å². The van der Waals surface area contributed by atoms with Gasteiger partial charge < -0.3 is 0 Å². The summed E-state index contributed by atoms with van der Waals surface area (Å²) in [7, 11) is -3.71. The first-order valence-corrected chi connectivity index (χ1v) is 9.12. The Kier molecular flexibility index (Phi) is 5.08. The van der Waals surface area contributed by atoms with Crippen LogP contribution < -0.4 is 4.72 Å². The van der Waals surface area contributed by atoms with Crippen molar-refractivity contribution >= 4 is 21.6 Å². The molecule has 0 spiro atoms. The highest BCUT2D eigenvalue weighted by atomic mass is 35.5. The summed E-state index contributed by atoms with van der Waals surface area (Å²) in [4.78, 5) is 8.26. The third kappa shape index (κ3) is 4.39. The third-order valence-electron chi connectivity index (χ3n) is 3.41. The SMILES string of the molecule is O=S(=O)(NCc1cc(-c2ccc(F)cc2)ncn1)c1cccc(Cl)c1. The standard InChI is InChI=1S/C17H13ClFN3O2S/c18-13-2-1-3-16(8-13)25(23,24)22-10-15-9-17(21-11-20-15)12-4-6-14(19)7-5-12/h1-9,11,22H,10H2. The van der Waals surface area contributed by atoms with Crippen LogP contribution >= 0.6 is 11.6 Å². The average Bonchev–Trinajstić information content (AvgIpc) is 2.61. The number of nitrogens with one attached hydrogen (secondary N) is 1. The number of rotatable bonds is 5. The van der Waals surface area contributed by atoms with Gasteiger partial charge in [0.2, 0.25) is 10.0 Å². The highest BCUT2D eigenvalue weighted by Gasteiger charge is 2.14. The number of aromatic nitrogens is 2. The van der Waals surface area contributed by atoms with Gasteiger partial charge in [-0.15, -0.1) is 0 Å². The number of sulfonamides is 1. The van der Waals surface area contributed by atoms with Gasteiger partial charge in [-0.1, -0.05) is 17.7 Å². The molecule has 0 saturated heterocycles. The Balaban J connectivity index is 1.77. The average molecular weight is 378 g/mol. The van der Waals surface area contributed by atoms with Gasteiger partial charge in [0.15, 0.2) is 0 Å². The molecular formula is C17H13ClFN3O2S. The van der Waals surface area contributed by atoms with E-state index in [0.29, 0.717) is 22.0 Å². The van der Waals surface area contributed by atoms with Gasteiger partial charge in [-0.05, 0) is 48.5 Å². The topological polar surface area (TPSA) is 72.0 Å². The minimum atomic E-state index is -3.71. The van der Waals surface area contributed by atoms with Crippen molar-refractivity contribution in [2.75, 3.05) is 0 Å². The molecule has 0 radical (unpaired) electrons. The monoisotopic (exact) mass is 377 g/mol. The molecule has 1 N–H and O–H groups in total. The molecule has 1 aromatic heterocycles. The fourth-order valence-electron chi connectivity index (χ4n) is 2.16. The maximum absolute atomic E-state index is 13.0. The van der Waals surface area contributed by atoms with Crippen LogP contribution in [-0.4, -0.2) is 18.4 Å². The summed E-state index contributed by atoms with van der Waals surface area (Å²) in [6, 6.07) is 13.5. The molecule has 1 heterocycles. The first-order chi connectivity index (χ1) is 11.9. The maximum Gasteiger partial charge on any atom is 0.240 e. The van der Waals surface area contributed by atoms with Crippen molar-refractivity contribution in [3.8, 4) is 11.3 Å². The predicted octanol–water partition coefficient (Wildman–Crippen LogP) is 3.41. The fourth-order valence-corrected chi connectivity index (χ4v) is 3.46. The number of hydrogen-bond acceptors (Lipinski definition) is 4. The van der Waals surface area contributed by atoms with Crippen molar-refractivity contribution in [2.24, 2.45) is 0 Å². The molecule has 0 aliphatic heterocycles. The molecule has 0 aliphatic rings. The Hall–Kier alpha value is -2.35. The number of halogens is 2. The molecule has 8 heteroatoms. The van der Waals surface area contributed by atoms with Gasteiger partial charge in [-0.25, -0.2) is 27.5 Å². The molecule has 0 unspecified atom stereocenters. The lowest BCUT2D eigenvalue weighted by Gasteiger charge is -2.08. The van der Waals surface area contributed by atoms with Crippen LogP contribution in [0.15, 0.2) is 65.8 Å². The summed E-state index contributed by atoms with van der Waals surface area (Å²) >= 11 is 5.83. The molecule has 2 aromatic carbocycles. The molecule has 25 heavy (non-hydrogen) atoms. The van der Waals surface area contributed by atoms with Crippen molar-refractivity contribution in [1.82, 2.24) is 14.7 Å². The minimum absolute atomic E-state index is 0.00837. The van der Waals surface area contributed by atoms with Crippen molar-refractivity contribution in [3.05, 3.63) is 77.5 Å². The second kappa shape index (κ2) is 7.26. The molecule has 5 nitrogen and oxygen atoms in total. The lowest BCUT2D eigenvalue weighted by molar-refractivity contribution is 0.580. The lowest BCUT2D eigenvalue weighted by Crippen LogP contribution is -2.23. The van der Waals surface area contributed by atoms with Gasteiger partial charge in [0.1, 0.15) is 12.1 Å². The number of hydrogen-bond donors (Lipinski definition) is 1. The van der Waals surface area contributed by atoms with E-state index in [4.69, 9.17) is 11.6 Å². The number of benzene rings is 2. The van der Waals surface area contributed by atoms with Crippen LogP contribution in [0, 0.1) is 5.82 Å². The van der Waals surface area contributed by atoms with Crippen LogP contribution in [0.4, 0.5) is 4.39 Å². The van der Waals surface area contributed by atoms with Crippen molar-refractivity contribution in [2.45, 2.75) is 11.4 Å². The zero-order valence-corrected chi connectivity index (χ0v) is 14.4. The summed E-state index contributed by atoms with van der Waals surface area (Å²) in [6.07, 6.45) is 1.34. The van der Waals surface area contributed by atoms with Gasteiger partial charge in [0, 0.05) is 10.6 Å². The summed E-state index contributed by atoms with van der Waals surface area (Å²) in [5.74, 6) is -0.340. The Morgan fingerprint density at radius 3 is 2.52 bits per heavy atom. The van der Waals surface area contributed by atoms with E-state index in [1.165, 1.54) is 30.6 Å². The summed E-state index contributed by atoms with van der Waals surface area (Å²) in [5.41, 5.74) is 1.77. The van der Waals surface area contributed by atoms with Gasteiger partial charge in [-0.3, -0.25) is 0 Å². The third-order valence-corrected chi connectivity index (χ3v) is 5.05. The van der Waals surface area contributed by atoms with E-state index in [1.54, 1.807) is 30.3 Å². The molecule has 0 bridgehead atoms. The van der Waals surface area contributed by atoms with E-state index in [-0.39, 0.29) is 17.3 Å². The summed E-state index contributed by atoms with van der Waals surface area (Å²) in [5, 5.41) is 0.337. The predicted molar refractivity (Wildman–Crippen MR) is 92.9 cm³/mol. The van der Waals surface area contributed by atoms with Crippen LogP contribution in [0.25, 0.3) is 11.3 Å². The summed E-state index contributed by atoms with van der Waals surface area (Å²) < 4.78 is 40.1. The highest BCUT2D eigenvalue weighted by molar-refractivity contribution is 7.89. The highest BCUT2D eigenvalue weighted by Crippen LogP contribution is 2.18. The normalized spacial score (nSPS) is 11.4. The van der Waals surface area contributed by atoms with E-state index in [9.17, 15) is 12.8 Å². The van der Waals surface area contributed by atoms with E-state index in [0.717, 1.165) is 0 Å². The Labute approximate surface area is 149 Å².